The van der Waals surface area contributed by atoms with Crippen molar-refractivity contribution in [1.82, 2.24) is 5.32 Å². The predicted octanol–water partition coefficient (Wildman–Crippen LogP) is 1.09. The first kappa shape index (κ1) is 6.89. The summed E-state index contributed by atoms with van der Waals surface area (Å²) in [6, 6.07) is 0. The van der Waals surface area contributed by atoms with Crippen LogP contribution in [-0.2, 0) is 4.79 Å². The average molecular weight is 151 g/mol. The topological polar surface area (TPSA) is 29.1 Å². The second-order valence-electron chi connectivity index (χ2n) is 3.47. The molecule has 0 saturated carbocycles. The second kappa shape index (κ2) is 2.68. The fraction of sp³-hybridized carbons (Fsp3) is 0.667. The number of piperidine rings is 1. The van der Waals surface area contributed by atoms with Crippen LogP contribution in [0, 0.1) is 11.8 Å². The summed E-state index contributed by atoms with van der Waals surface area (Å²) in [7, 11) is 0. The van der Waals surface area contributed by atoms with E-state index in [1.165, 1.54) is 0 Å². The molecule has 1 N–H and O–H groups in total. The average Bonchev–Trinajstić information content (AvgIpc) is 2.04. The van der Waals surface area contributed by atoms with Crippen molar-refractivity contribution < 1.29 is 4.79 Å². The number of carbonyl (C=O) groups is 1. The van der Waals surface area contributed by atoms with Crippen molar-refractivity contribution in [3.63, 3.8) is 0 Å². The summed E-state index contributed by atoms with van der Waals surface area (Å²) >= 11 is 0. The van der Waals surface area contributed by atoms with Gasteiger partial charge in [-0.3, -0.25) is 4.79 Å². The maximum Gasteiger partial charge on any atom is 0.220 e. The van der Waals surface area contributed by atoms with Crippen LogP contribution in [0.4, 0.5) is 0 Å². The Kier molecular flexibility index (Phi) is 1.68. The van der Waals surface area contributed by atoms with Gasteiger partial charge in [0.05, 0.1) is 0 Å². The third-order valence-corrected chi connectivity index (χ3v) is 2.72. The van der Waals surface area contributed by atoms with Gasteiger partial charge in [0.15, 0.2) is 0 Å². The van der Waals surface area contributed by atoms with Crippen LogP contribution >= 0.6 is 0 Å². The number of nitrogens with one attached hydrogen (secondary N) is 1. The molecule has 1 amide bonds. The lowest BCUT2D eigenvalue weighted by atomic mass is 9.79. The number of hydrogen-bond donors (Lipinski definition) is 1. The van der Waals surface area contributed by atoms with Gasteiger partial charge >= 0.3 is 0 Å². The molecule has 2 atom stereocenters. The van der Waals surface area contributed by atoms with E-state index < -0.39 is 0 Å². The number of hydrogen-bond acceptors (Lipinski definition) is 1. The molecule has 0 radical (unpaired) electrons. The van der Waals surface area contributed by atoms with E-state index in [0.717, 1.165) is 31.7 Å². The summed E-state index contributed by atoms with van der Waals surface area (Å²) in [5, 5.41) is 2.91. The number of fused-ring (bicyclic) bond motifs is 1. The quantitative estimate of drug-likeness (QED) is 0.516. The maximum absolute atomic E-state index is 11.0. The van der Waals surface area contributed by atoms with Gasteiger partial charge in [0.1, 0.15) is 0 Å². The Morgan fingerprint density at radius 2 is 2.00 bits per heavy atom. The summed E-state index contributed by atoms with van der Waals surface area (Å²) in [6.45, 7) is 0.897. The van der Waals surface area contributed by atoms with Crippen LogP contribution in [0.2, 0.25) is 0 Å². The third-order valence-electron chi connectivity index (χ3n) is 2.72. The highest BCUT2D eigenvalue weighted by molar-refractivity contribution is 5.77. The Balaban J connectivity index is 2.06. The van der Waals surface area contributed by atoms with Gasteiger partial charge in [0.25, 0.3) is 0 Å². The van der Waals surface area contributed by atoms with Crippen molar-refractivity contribution in [2.24, 2.45) is 11.8 Å². The van der Waals surface area contributed by atoms with Crippen LogP contribution in [0.5, 0.6) is 0 Å². The van der Waals surface area contributed by atoms with Crippen LogP contribution in [-0.4, -0.2) is 12.5 Å². The van der Waals surface area contributed by atoms with E-state index in [9.17, 15) is 4.79 Å². The maximum atomic E-state index is 11.0. The molecule has 0 aromatic rings. The molecule has 1 saturated heterocycles. The van der Waals surface area contributed by atoms with Gasteiger partial charge in [0, 0.05) is 13.0 Å². The Bertz CT molecular complexity index is 198. The molecule has 1 heterocycles. The predicted molar refractivity (Wildman–Crippen MR) is 43.0 cm³/mol. The van der Waals surface area contributed by atoms with E-state index >= 15 is 0 Å². The first-order valence-corrected chi connectivity index (χ1v) is 4.28. The van der Waals surface area contributed by atoms with E-state index in [1.54, 1.807) is 0 Å². The largest absolute Gasteiger partial charge is 0.356 e. The molecule has 2 aliphatic rings. The molecular weight excluding hydrogens is 138 g/mol. The van der Waals surface area contributed by atoms with Crippen LogP contribution < -0.4 is 5.32 Å². The Hall–Kier alpha value is -0.790. The number of rotatable bonds is 0. The van der Waals surface area contributed by atoms with Crippen molar-refractivity contribution in [2.75, 3.05) is 6.54 Å². The van der Waals surface area contributed by atoms with Crippen LogP contribution in [0.3, 0.4) is 0 Å². The van der Waals surface area contributed by atoms with Gasteiger partial charge in [-0.15, -0.1) is 0 Å². The molecule has 0 unspecified atom stereocenters. The molecule has 0 spiro atoms. The highest BCUT2D eigenvalue weighted by atomic mass is 16.1. The van der Waals surface area contributed by atoms with Crippen molar-refractivity contribution in [3.8, 4) is 0 Å². The molecule has 11 heavy (non-hydrogen) atoms. The van der Waals surface area contributed by atoms with Gasteiger partial charge in [-0.05, 0) is 24.7 Å². The van der Waals surface area contributed by atoms with Crippen LogP contribution in [0.1, 0.15) is 19.3 Å². The van der Waals surface area contributed by atoms with Crippen molar-refractivity contribution in [1.29, 1.82) is 0 Å². The molecule has 0 bridgehead atoms. The van der Waals surface area contributed by atoms with Crippen molar-refractivity contribution >= 4 is 5.91 Å². The molecule has 0 aromatic heterocycles. The van der Waals surface area contributed by atoms with E-state index in [2.05, 4.69) is 17.5 Å². The standard InChI is InChI=1S/C9H13NO/c11-9-5-7-3-1-2-4-8(7)6-10-9/h1-2,7-8H,3-6H2,(H,10,11)/t7-,8+/m0/s1. The molecule has 0 aromatic carbocycles. The lowest BCUT2D eigenvalue weighted by molar-refractivity contribution is -0.124. The van der Waals surface area contributed by atoms with Gasteiger partial charge in [-0.25, -0.2) is 0 Å². The van der Waals surface area contributed by atoms with Gasteiger partial charge in [0.2, 0.25) is 5.91 Å². The van der Waals surface area contributed by atoms with Crippen LogP contribution in [0.25, 0.3) is 0 Å². The first-order valence-electron chi connectivity index (χ1n) is 4.28. The van der Waals surface area contributed by atoms with E-state index in [1.807, 2.05) is 0 Å². The molecule has 1 fully saturated rings. The zero-order chi connectivity index (χ0) is 7.68. The Labute approximate surface area is 66.7 Å². The highest BCUT2D eigenvalue weighted by Gasteiger charge is 2.28. The van der Waals surface area contributed by atoms with E-state index in [0.29, 0.717) is 5.92 Å². The Morgan fingerprint density at radius 1 is 1.27 bits per heavy atom. The molecular formula is C9H13NO. The number of carbonyl (C=O) groups excluding carboxylic acids is 1. The highest BCUT2D eigenvalue weighted by Crippen LogP contribution is 2.29. The third kappa shape index (κ3) is 1.30. The van der Waals surface area contributed by atoms with Crippen molar-refractivity contribution in [3.05, 3.63) is 12.2 Å². The zero-order valence-corrected chi connectivity index (χ0v) is 6.55. The summed E-state index contributed by atoms with van der Waals surface area (Å²) in [6.07, 6.45) is 7.45. The summed E-state index contributed by atoms with van der Waals surface area (Å²) in [4.78, 5) is 11.0. The van der Waals surface area contributed by atoms with Gasteiger partial charge < -0.3 is 5.32 Å². The molecule has 2 nitrogen and oxygen atoms in total. The number of amides is 1. The van der Waals surface area contributed by atoms with Gasteiger partial charge in [-0.2, -0.15) is 0 Å². The van der Waals surface area contributed by atoms with Crippen molar-refractivity contribution in [2.45, 2.75) is 19.3 Å². The van der Waals surface area contributed by atoms with Crippen LogP contribution in [0.15, 0.2) is 12.2 Å². The lowest BCUT2D eigenvalue weighted by Crippen LogP contribution is -2.41. The fourth-order valence-corrected chi connectivity index (χ4v) is 1.98. The summed E-state index contributed by atoms with van der Waals surface area (Å²) < 4.78 is 0. The minimum absolute atomic E-state index is 0.238. The minimum Gasteiger partial charge on any atom is -0.356 e. The number of allylic oxidation sites excluding steroid dienone is 2. The monoisotopic (exact) mass is 151 g/mol. The van der Waals surface area contributed by atoms with Gasteiger partial charge in [-0.1, -0.05) is 12.2 Å². The zero-order valence-electron chi connectivity index (χ0n) is 6.55. The Morgan fingerprint density at radius 3 is 2.82 bits per heavy atom. The molecule has 60 valence electrons. The fourth-order valence-electron chi connectivity index (χ4n) is 1.98. The minimum atomic E-state index is 0.238. The smallest absolute Gasteiger partial charge is 0.220 e. The SMILES string of the molecule is O=C1C[C@@H]2CC=CC[C@@H]2CN1. The molecule has 2 heteroatoms. The lowest BCUT2D eigenvalue weighted by Gasteiger charge is -2.32. The summed E-state index contributed by atoms with van der Waals surface area (Å²) in [5.74, 6) is 1.59. The van der Waals surface area contributed by atoms with E-state index in [4.69, 9.17) is 0 Å². The summed E-state index contributed by atoms with van der Waals surface area (Å²) in [5.41, 5.74) is 0. The second-order valence-corrected chi connectivity index (χ2v) is 3.47. The molecule has 1 aliphatic heterocycles. The molecule has 2 rings (SSSR count). The first-order chi connectivity index (χ1) is 5.36. The van der Waals surface area contributed by atoms with E-state index in [-0.39, 0.29) is 5.91 Å². The normalized spacial score (nSPS) is 36.2. The molecule has 1 aliphatic carbocycles.